The fourth-order valence-corrected chi connectivity index (χ4v) is 3.08. The summed E-state index contributed by atoms with van der Waals surface area (Å²) in [6.45, 7) is 1.45. The maximum absolute atomic E-state index is 12.1. The number of carbonyl (C=O) groups is 2. The molecule has 21 heavy (non-hydrogen) atoms. The van der Waals surface area contributed by atoms with Crippen molar-refractivity contribution < 1.29 is 14.7 Å². The Bertz CT molecular complexity index is 501. The third-order valence-electron chi connectivity index (χ3n) is 3.39. The number of aromatic nitrogens is 4. The number of hydrogen-bond acceptors (Lipinski definition) is 6. The van der Waals surface area contributed by atoms with Gasteiger partial charge in [-0.1, -0.05) is 31.0 Å². The number of nitrogens with zero attached hydrogens (tertiary/aromatic N) is 4. The lowest BCUT2D eigenvalue weighted by atomic mass is 9.95. The summed E-state index contributed by atoms with van der Waals surface area (Å²) in [5, 5.41) is 22.6. The van der Waals surface area contributed by atoms with Crippen LogP contribution in [0.5, 0.6) is 0 Å². The molecule has 0 aliphatic heterocycles. The normalized spacial score (nSPS) is 17.4. The molecule has 1 aliphatic carbocycles. The molecule has 1 saturated carbocycles. The zero-order chi connectivity index (χ0) is 15.2. The first-order valence-corrected chi connectivity index (χ1v) is 7.89. The molecule has 0 aromatic carbocycles. The molecule has 0 spiro atoms. The molecule has 1 amide bonds. The molecule has 1 aromatic rings. The highest BCUT2D eigenvalue weighted by molar-refractivity contribution is 8.00. The highest BCUT2D eigenvalue weighted by Gasteiger charge is 2.22. The van der Waals surface area contributed by atoms with Crippen LogP contribution in [0.3, 0.4) is 0 Å². The van der Waals surface area contributed by atoms with Crippen LogP contribution in [0.15, 0.2) is 5.16 Å². The smallest absolute Gasteiger partial charge is 0.325 e. The van der Waals surface area contributed by atoms with Crippen LogP contribution in [0.2, 0.25) is 0 Å². The minimum atomic E-state index is -1.02. The second-order valence-electron chi connectivity index (χ2n) is 5.12. The van der Waals surface area contributed by atoms with Crippen molar-refractivity contribution in [2.75, 3.05) is 0 Å². The second kappa shape index (κ2) is 7.39. The van der Waals surface area contributed by atoms with Crippen molar-refractivity contribution in [1.29, 1.82) is 0 Å². The number of carbonyl (C=O) groups excluding carboxylic acids is 1. The number of thioether (sulfide) groups is 1. The predicted molar refractivity (Wildman–Crippen MR) is 75.8 cm³/mol. The van der Waals surface area contributed by atoms with Crippen LogP contribution < -0.4 is 5.32 Å². The van der Waals surface area contributed by atoms with Gasteiger partial charge in [-0.25, -0.2) is 4.68 Å². The largest absolute Gasteiger partial charge is 0.480 e. The Kier molecular flexibility index (Phi) is 5.54. The van der Waals surface area contributed by atoms with Gasteiger partial charge in [0.15, 0.2) is 0 Å². The van der Waals surface area contributed by atoms with Crippen molar-refractivity contribution in [3.05, 3.63) is 0 Å². The predicted octanol–water partition coefficient (Wildman–Crippen LogP) is 0.687. The minimum Gasteiger partial charge on any atom is -0.480 e. The highest BCUT2D eigenvalue weighted by atomic mass is 32.2. The second-order valence-corrected chi connectivity index (χ2v) is 6.42. The van der Waals surface area contributed by atoms with E-state index in [-0.39, 0.29) is 23.7 Å². The van der Waals surface area contributed by atoms with E-state index in [0.29, 0.717) is 5.16 Å². The SMILES string of the molecule is CC(Sc1nnnn1CC(=O)O)C(=O)NC1CCCCC1. The van der Waals surface area contributed by atoms with Crippen molar-refractivity contribution in [3.63, 3.8) is 0 Å². The van der Waals surface area contributed by atoms with E-state index in [2.05, 4.69) is 20.8 Å². The average Bonchev–Trinajstić information content (AvgIpc) is 2.86. The highest BCUT2D eigenvalue weighted by Crippen LogP contribution is 2.22. The van der Waals surface area contributed by atoms with E-state index >= 15 is 0 Å². The van der Waals surface area contributed by atoms with Gasteiger partial charge in [-0.05, 0) is 30.2 Å². The molecule has 0 radical (unpaired) electrons. The van der Waals surface area contributed by atoms with E-state index < -0.39 is 5.97 Å². The van der Waals surface area contributed by atoms with E-state index in [1.807, 2.05) is 0 Å². The Morgan fingerprint density at radius 2 is 2.14 bits per heavy atom. The maximum Gasteiger partial charge on any atom is 0.325 e. The molecule has 1 aromatic heterocycles. The van der Waals surface area contributed by atoms with E-state index in [9.17, 15) is 9.59 Å². The molecule has 0 saturated heterocycles. The number of hydrogen-bond donors (Lipinski definition) is 2. The van der Waals surface area contributed by atoms with Gasteiger partial charge in [-0.2, -0.15) is 0 Å². The Balaban J connectivity index is 1.88. The average molecular weight is 313 g/mol. The fraction of sp³-hybridized carbons (Fsp3) is 0.750. The van der Waals surface area contributed by atoms with E-state index in [0.717, 1.165) is 25.7 Å². The monoisotopic (exact) mass is 313 g/mol. The lowest BCUT2D eigenvalue weighted by Gasteiger charge is -2.24. The molecule has 1 fully saturated rings. The minimum absolute atomic E-state index is 0.0585. The number of carboxylic acids is 1. The van der Waals surface area contributed by atoms with Gasteiger partial charge in [0.05, 0.1) is 5.25 Å². The summed E-state index contributed by atoms with van der Waals surface area (Å²) in [5.74, 6) is -1.08. The van der Waals surface area contributed by atoms with E-state index in [1.165, 1.54) is 22.9 Å². The van der Waals surface area contributed by atoms with Gasteiger partial charge in [-0.3, -0.25) is 9.59 Å². The summed E-state index contributed by atoms with van der Waals surface area (Å²) in [6, 6.07) is 0.254. The van der Waals surface area contributed by atoms with Crippen LogP contribution in [0.4, 0.5) is 0 Å². The van der Waals surface area contributed by atoms with Crippen LogP contribution in [0, 0.1) is 0 Å². The Morgan fingerprint density at radius 1 is 1.43 bits per heavy atom. The molecular formula is C12H19N5O3S. The standard InChI is InChI=1S/C12H19N5O3S/c1-8(11(20)13-9-5-3-2-4-6-9)21-12-14-15-16-17(12)7-10(18)19/h8-9H,2-7H2,1H3,(H,13,20)(H,18,19). The summed E-state index contributed by atoms with van der Waals surface area (Å²) < 4.78 is 1.18. The summed E-state index contributed by atoms with van der Waals surface area (Å²) in [4.78, 5) is 22.8. The number of carboxylic acid groups (broad SMARTS) is 1. The zero-order valence-electron chi connectivity index (χ0n) is 11.9. The topological polar surface area (TPSA) is 110 Å². The lowest BCUT2D eigenvalue weighted by molar-refractivity contribution is -0.138. The number of nitrogens with one attached hydrogen (secondary N) is 1. The maximum atomic E-state index is 12.1. The molecular weight excluding hydrogens is 294 g/mol. The van der Waals surface area contributed by atoms with E-state index in [1.54, 1.807) is 6.92 Å². The molecule has 1 unspecified atom stereocenters. The van der Waals surface area contributed by atoms with Crippen LogP contribution in [0.25, 0.3) is 0 Å². The van der Waals surface area contributed by atoms with Gasteiger partial charge in [0.25, 0.3) is 0 Å². The summed E-state index contributed by atoms with van der Waals surface area (Å²) in [5.41, 5.74) is 0. The Hall–Kier alpha value is -1.64. The first-order valence-electron chi connectivity index (χ1n) is 7.01. The fourth-order valence-electron chi connectivity index (χ4n) is 2.29. The number of aliphatic carboxylic acids is 1. The number of rotatable bonds is 6. The summed E-state index contributed by atoms with van der Waals surface area (Å²) in [6.07, 6.45) is 5.60. The van der Waals surface area contributed by atoms with Crippen LogP contribution in [0.1, 0.15) is 39.0 Å². The van der Waals surface area contributed by atoms with Gasteiger partial charge in [0.1, 0.15) is 6.54 Å². The summed E-state index contributed by atoms with van der Waals surface area (Å²) >= 11 is 1.17. The molecule has 116 valence electrons. The Morgan fingerprint density at radius 3 is 2.81 bits per heavy atom. The molecule has 0 bridgehead atoms. The molecule has 1 heterocycles. The van der Waals surface area contributed by atoms with E-state index in [4.69, 9.17) is 5.11 Å². The quantitative estimate of drug-likeness (QED) is 0.743. The van der Waals surface area contributed by atoms with Crippen LogP contribution >= 0.6 is 11.8 Å². The lowest BCUT2D eigenvalue weighted by Crippen LogP contribution is -2.40. The molecule has 2 rings (SSSR count). The van der Waals surface area contributed by atoms with Crippen LogP contribution in [-0.4, -0.2) is 48.5 Å². The van der Waals surface area contributed by atoms with Crippen molar-refractivity contribution in [1.82, 2.24) is 25.5 Å². The van der Waals surface area contributed by atoms with Gasteiger partial charge >= 0.3 is 5.97 Å². The Labute approximate surface area is 126 Å². The molecule has 2 N–H and O–H groups in total. The van der Waals surface area contributed by atoms with Crippen molar-refractivity contribution in [3.8, 4) is 0 Å². The van der Waals surface area contributed by atoms with Crippen LogP contribution in [-0.2, 0) is 16.1 Å². The molecule has 1 aliphatic rings. The van der Waals surface area contributed by atoms with Crippen molar-refractivity contribution in [2.45, 2.75) is 62.0 Å². The first-order chi connectivity index (χ1) is 10.1. The first kappa shape index (κ1) is 15.7. The molecule has 8 nitrogen and oxygen atoms in total. The third kappa shape index (κ3) is 4.69. The zero-order valence-corrected chi connectivity index (χ0v) is 12.7. The number of tetrazole rings is 1. The molecule has 9 heteroatoms. The third-order valence-corrected chi connectivity index (χ3v) is 4.46. The van der Waals surface area contributed by atoms with Gasteiger partial charge in [0, 0.05) is 6.04 Å². The summed E-state index contributed by atoms with van der Waals surface area (Å²) in [7, 11) is 0. The molecule has 1 atom stereocenters. The van der Waals surface area contributed by atoms with Gasteiger partial charge in [0.2, 0.25) is 11.1 Å². The number of amides is 1. The van der Waals surface area contributed by atoms with Gasteiger partial charge in [-0.15, -0.1) is 5.10 Å². The van der Waals surface area contributed by atoms with Gasteiger partial charge < -0.3 is 10.4 Å². The van der Waals surface area contributed by atoms with Crippen molar-refractivity contribution >= 4 is 23.6 Å². The van der Waals surface area contributed by atoms with Crippen molar-refractivity contribution in [2.24, 2.45) is 0 Å².